The molecule has 0 aliphatic heterocycles. The molecule has 0 saturated carbocycles. The second-order valence-electron chi connectivity index (χ2n) is 0.965. The quantitative estimate of drug-likeness (QED) is 0.408. The summed E-state index contributed by atoms with van der Waals surface area (Å²) in [5, 5.41) is -3.92. The number of amides is 1. The van der Waals surface area contributed by atoms with Gasteiger partial charge in [-0.3, -0.25) is 4.79 Å². The van der Waals surface area contributed by atoms with Crippen molar-refractivity contribution >= 4 is 18.5 Å². The minimum absolute atomic E-state index is 0.240. The molecule has 0 rings (SSSR count). The van der Waals surface area contributed by atoms with Crippen molar-refractivity contribution < 1.29 is 18.1 Å². The highest BCUT2D eigenvalue weighted by Gasteiger charge is 2.33. The smallest absolute Gasteiger partial charge is 0.264 e. The van der Waals surface area contributed by atoms with Crippen LogP contribution in [-0.2, 0) is 4.79 Å². The van der Waals surface area contributed by atoms with Gasteiger partial charge in [0.05, 0.1) is 0 Å². The monoisotopic (exact) mass is 145 g/mol. The second kappa shape index (κ2) is 2.25. The van der Waals surface area contributed by atoms with Gasteiger partial charge < -0.3 is 0 Å². The van der Waals surface area contributed by atoms with Gasteiger partial charge in [-0.2, -0.15) is 14.3 Å². The Hall–Kier alpha value is -0.390. The van der Waals surface area contributed by atoms with E-state index < -0.39 is 11.2 Å². The van der Waals surface area contributed by atoms with E-state index in [0.29, 0.717) is 0 Å². The lowest BCUT2D eigenvalue weighted by Gasteiger charge is -2.01. The number of hydrogen-bond acceptors (Lipinski definition) is 2. The zero-order valence-corrected chi connectivity index (χ0v) is 4.38. The van der Waals surface area contributed by atoms with Gasteiger partial charge in [-0.15, -0.1) is 4.48 Å². The van der Waals surface area contributed by atoms with Crippen molar-refractivity contribution in [3.63, 3.8) is 0 Å². The number of nitrogens with one attached hydrogen (secondary N) is 1. The molecule has 1 N–H and O–H groups in total. The van der Waals surface area contributed by atoms with Crippen LogP contribution in [0, 0.1) is 0 Å². The van der Waals surface area contributed by atoms with Crippen molar-refractivity contribution in [1.82, 2.24) is 5.54 Å². The van der Waals surface area contributed by atoms with Gasteiger partial charge in [0.1, 0.15) is 0 Å². The lowest BCUT2D eigenvalue weighted by Crippen LogP contribution is -2.30. The Kier molecular flexibility index (Phi) is 2.14. The Morgan fingerprint density at radius 3 is 2.00 bits per heavy atom. The van der Waals surface area contributed by atoms with Crippen LogP contribution in [0.1, 0.15) is 0 Å². The second-order valence-corrected chi connectivity index (χ2v) is 1.53. The number of rotatable bonds is 1. The van der Waals surface area contributed by atoms with Gasteiger partial charge in [-0.25, -0.2) is 0 Å². The fourth-order valence-electron chi connectivity index (χ4n) is 0.0568. The van der Waals surface area contributed by atoms with Gasteiger partial charge in [0.25, 0.3) is 0 Å². The third-order valence-corrected chi connectivity index (χ3v) is 0.562. The van der Waals surface area contributed by atoms with Crippen LogP contribution >= 0.6 is 12.6 Å². The summed E-state index contributed by atoms with van der Waals surface area (Å²) in [7, 11) is 0. The molecule has 0 heterocycles. The van der Waals surface area contributed by atoms with Gasteiger partial charge in [0, 0.05) is 0 Å². The van der Waals surface area contributed by atoms with E-state index in [4.69, 9.17) is 0 Å². The number of thiol groups is 1. The van der Waals surface area contributed by atoms with E-state index >= 15 is 0 Å². The first-order valence-electron chi connectivity index (χ1n) is 1.49. The first-order valence-corrected chi connectivity index (χ1v) is 1.94. The van der Waals surface area contributed by atoms with Crippen LogP contribution in [0.2, 0.25) is 0 Å². The van der Waals surface area contributed by atoms with E-state index in [2.05, 4.69) is 12.6 Å². The van der Waals surface area contributed by atoms with Gasteiger partial charge in [0.2, 0.25) is 0 Å². The molecular weight excluding hydrogens is 143 g/mol. The topological polar surface area (TPSA) is 29.1 Å². The predicted octanol–water partition coefficient (Wildman–Crippen LogP) is 0.510. The highest BCUT2D eigenvalue weighted by Crippen LogP contribution is 2.17. The molecular formula is C2H2F3NOS. The fraction of sp³-hybridized carbons (Fsp3) is 0.500. The van der Waals surface area contributed by atoms with E-state index in [9.17, 15) is 18.1 Å². The number of carbonyl (C=O) groups excluding carboxylic acids is 1. The first kappa shape index (κ1) is 7.61. The maximum absolute atomic E-state index is 11.3. The van der Waals surface area contributed by atoms with Crippen LogP contribution in [0.4, 0.5) is 13.3 Å². The van der Waals surface area contributed by atoms with E-state index in [1.54, 1.807) is 0 Å². The molecule has 6 heteroatoms. The zero-order chi connectivity index (χ0) is 6.78. The highest BCUT2D eigenvalue weighted by molar-refractivity contribution is 7.82. The molecule has 0 unspecified atom stereocenters. The third kappa shape index (κ3) is 2.06. The molecule has 8 heavy (non-hydrogen) atoms. The van der Waals surface area contributed by atoms with E-state index in [0.717, 1.165) is 0 Å². The molecule has 0 aromatic rings. The van der Waals surface area contributed by atoms with E-state index in [1.807, 2.05) is 0 Å². The van der Waals surface area contributed by atoms with Crippen molar-refractivity contribution in [3.05, 3.63) is 0 Å². The summed E-state index contributed by atoms with van der Waals surface area (Å²) in [4.78, 5) is 9.52. The zero-order valence-electron chi connectivity index (χ0n) is 3.49. The molecule has 2 nitrogen and oxygen atoms in total. The van der Waals surface area contributed by atoms with Crippen LogP contribution in [0.25, 0.3) is 0 Å². The molecule has 0 radical (unpaired) electrons. The summed E-state index contributed by atoms with van der Waals surface area (Å²) in [6.07, 6.45) is 0. The van der Waals surface area contributed by atoms with Crippen LogP contribution in [-0.4, -0.2) is 11.2 Å². The third-order valence-electron chi connectivity index (χ3n) is 0.359. The number of halogens is 3. The SMILES string of the molecule is O=C(NF)C(F)(F)S. The summed E-state index contributed by atoms with van der Waals surface area (Å²) in [6.45, 7) is 0. The summed E-state index contributed by atoms with van der Waals surface area (Å²) in [6, 6.07) is 0. The van der Waals surface area contributed by atoms with Crippen molar-refractivity contribution in [2.75, 3.05) is 0 Å². The maximum Gasteiger partial charge on any atom is 0.370 e. The molecule has 0 bridgehead atoms. The Morgan fingerprint density at radius 2 is 2.00 bits per heavy atom. The summed E-state index contributed by atoms with van der Waals surface area (Å²) in [5.74, 6) is -2.05. The Bertz CT molecular complexity index is 99.9. The van der Waals surface area contributed by atoms with Crippen molar-refractivity contribution in [1.29, 1.82) is 0 Å². The van der Waals surface area contributed by atoms with Crippen molar-refractivity contribution in [2.24, 2.45) is 0 Å². The minimum atomic E-state index is -3.92. The number of hydrogen-bond donors (Lipinski definition) is 2. The molecule has 0 aromatic carbocycles. The summed E-state index contributed by atoms with van der Waals surface area (Å²) >= 11 is 2.44. The molecule has 1 amide bonds. The predicted molar refractivity (Wildman–Crippen MR) is 23.2 cm³/mol. The Labute approximate surface area is 48.4 Å². The average molecular weight is 145 g/mol. The molecule has 0 saturated heterocycles. The summed E-state index contributed by atoms with van der Waals surface area (Å²) in [5.41, 5.74) is 0.240. The largest absolute Gasteiger partial charge is 0.370 e. The maximum atomic E-state index is 11.3. The molecule has 0 atom stereocenters. The molecule has 0 aromatic heterocycles. The average Bonchev–Trinajstić information content (AvgIpc) is 1.62. The van der Waals surface area contributed by atoms with Crippen LogP contribution in [0.5, 0.6) is 0 Å². The molecule has 0 aliphatic rings. The van der Waals surface area contributed by atoms with Crippen molar-refractivity contribution in [2.45, 2.75) is 5.25 Å². The minimum Gasteiger partial charge on any atom is -0.264 e. The highest BCUT2D eigenvalue weighted by atomic mass is 32.1. The molecule has 0 aliphatic carbocycles. The Balaban J connectivity index is 3.82. The number of carbonyl (C=O) groups is 1. The fourth-order valence-corrected chi connectivity index (χ4v) is 0.0991. The van der Waals surface area contributed by atoms with E-state index in [-0.39, 0.29) is 5.54 Å². The van der Waals surface area contributed by atoms with Crippen molar-refractivity contribution in [3.8, 4) is 0 Å². The lowest BCUT2D eigenvalue weighted by atomic mass is 10.7. The standard InChI is InChI=1S/C2H2F3NOS/c3-2(4,8)1(7)6-5/h8H,(H,6,7). The van der Waals surface area contributed by atoms with Gasteiger partial charge in [-0.1, -0.05) is 12.6 Å². The molecule has 0 fully saturated rings. The molecule has 0 spiro atoms. The lowest BCUT2D eigenvalue weighted by molar-refractivity contribution is -0.139. The Morgan fingerprint density at radius 1 is 1.62 bits per heavy atom. The summed E-state index contributed by atoms with van der Waals surface area (Å²) < 4.78 is 33.4. The number of alkyl halides is 2. The van der Waals surface area contributed by atoms with Crippen LogP contribution in [0.15, 0.2) is 0 Å². The van der Waals surface area contributed by atoms with Crippen LogP contribution < -0.4 is 5.54 Å². The van der Waals surface area contributed by atoms with Gasteiger partial charge >= 0.3 is 11.2 Å². The van der Waals surface area contributed by atoms with Gasteiger partial charge in [0.15, 0.2) is 0 Å². The molecule has 48 valence electrons. The van der Waals surface area contributed by atoms with Crippen LogP contribution in [0.3, 0.4) is 0 Å². The first-order chi connectivity index (χ1) is 3.48. The van der Waals surface area contributed by atoms with Gasteiger partial charge in [-0.05, 0) is 0 Å². The van der Waals surface area contributed by atoms with E-state index in [1.165, 1.54) is 0 Å². The normalized spacial score (nSPS) is 11.0.